The summed E-state index contributed by atoms with van der Waals surface area (Å²) in [5.41, 5.74) is 0. The molecule has 8 heteroatoms. The van der Waals surface area contributed by atoms with E-state index in [4.69, 9.17) is 4.74 Å². The Morgan fingerprint density at radius 2 is 1.84 bits per heavy atom. The van der Waals surface area contributed by atoms with Crippen LogP contribution >= 0.6 is 0 Å². The molecule has 1 amide bonds. The molecule has 0 saturated carbocycles. The minimum atomic E-state index is -4.44. The molecule has 0 saturated heterocycles. The molecule has 1 N–H and O–H groups in total. The molecule has 19 heavy (non-hydrogen) atoms. The summed E-state index contributed by atoms with van der Waals surface area (Å²) in [6.45, 7) is 2.40. The molecule has 0 aromatic carbocycles. The van der Waals surface area contributed by atoms with Gasteiger partial charge in [-0.2, -0.15) is 13.2 Å². The van der Waals surface area contributed by atoms with Crippen LogP contribution in [-0.4, -0.2) is 55.7 Å². The van der Waals surface area contributed by atoms with Crippen LogP contribution in [0.25, 0.3) is 0 Å². The van der Waals surface area contributed by atoms with E-state index in [0.29, 0.717) is 13.0 Å². The van der Waals surface area contributed by atoms with Crippen LogP contribution in [0.2, 0.25) is 0 Å². The number of esters is 1. The van der Waals surface area contributed by atoms with Gasteiger partial charge in [-0.25, -0.2) is 0 Å². The highest BCUT2D eigenvalue weighted by molar-refractivity contribution is 5.79. The molecule has 0 aliphatic heterocycles. The van der Waals surface area contributed by atoms with E-state index >= 15 is 0 Å². The van der Waals surface area contributed by atoms with Crippen molar-refractivity contribution in [3.8, 4) is 0 Å². The Labute approximate surface area is 110 Å². The molecule has 0 spiro atoms. The molecule has 5 nitrogen and oxygen atoms in total. The van der Waals surface area contributed by atoms with Crippen LogP contribution in [0.15, 0.2) is 0 Å². The van der Waals surface area contributed by atoms with Gasteiger partial charge in [0.05, 0.1) is 19.7 Å². The first kappa shape index (κ1) is 17.7. The normalized spacial score (nSPS) is 11.5. The third-order valence-electron chi connectivity index (χ3n) is 2.05. The van der Waals surface area contributed by atoms with Crippen LogP contribution in [0.1, 0.15) is 20.3 Å². The van der Waals surface area contributed by atoms with E-state index in [0.717, 1.165) is 0 Å². The van der Waals surface area contributed by atoms with Gasteiger partial charge in [-0.3, -0.25) is 14.5 Å². The first-order chi connectivity index (χ1) is 8.78. The van der Waals surface area contributed by atoms with E-state index in [2.05, 4.69) is 0 Å². The van der Waals surface area contributed by atoms with Gasteiger partial charge in [0, 0.05) is 0 Å². The number of hydrogen-bond donors (Lipinski definition) is 1. The van der Waals surface area contributed by atoms with Gasteiger partial charge < -0.3 is 10.1 Å². The monoisotopic (exact) mass is 284 g/mol. The van der Waals surface area contributed by atoms with Crippen molar-refractivity contribution in [2.45, 2.75) is 26.4 Å². The Morgan fingerprint density at radius 1 is 1.21 bits per heavy atom. The maximum atomic E-state index is 11.9. The largest absolute Gasteiger partial charge is 0.465 e. The van der Waals surface area contributed by atoms with Gasteiger partial charge in [-0.1, -0.05) is 6.92 Å². The molecule has 112 valence electrons. The van der Waals surface area contributed by atoms with E-state index < -0.39 is 24.6 Å². The predicted molar refractivity (Wildman–Crippen MR) is 62.4 cm³/mol. The van der Waals surface area contributed by atoms with E-state index in [1.807, 2.05) is 6.92 Å². The Balaban J connectivity index is 4.18. The van der Waals surface area contributed by atoms with Crippen molar-refractivity contribution in [1.29, 1.82) is 0 Å². The minimum absolute atomic E-state index is 0.110. The lowest BCUT2D eigenvalue weighted by atomic mass is 10.3. The van der Waals surface area contributed by atoms with Crippen molar-refractivity contribution in [1.82, 2.24) is 10.2 Å². The number of hydrogen-bond acceptors (Lipinski definition) is 4. The van der Waals surface area contributed by atoms with Crippen molar-refractivity contribution in [3.05, 3.63) is 0 Å². The van der Waals surface area contributed by atoms with Crippen molar-refractivity contribution in [3.63, 3.8) is 0 Å². The number of amides is 1. The number of rotatable bonds is 8. The van der Waals surface area contributed by atoms with Crippen molar-refractivity contribution in [2.24, 2.45) is 0 Å². The quantitative estimate of drug-likeness (QED) is 0.674. The first-order valence-corrected chi connectivity index (χ1v) is 6.00. The van der Waals surface area contributed by atoms with E-state index in [1.165, 1.54) is 4.90 Å². The summed E-state index contributed by atoms with van der Waals surface area (Å²) in [6, 6.07) is 0. The molecule has 0 unspecified atom stereocenters. The molecule has 0 aliphatic carbocycles. The molecule has 0 rings (SSSR count). The van der Waals surface area contributed by atoms with Crippen LogP contribution in [-0.2, 0) is 14.3 Å². The van der Waals surface area contributed by atoms with Gasteiger partial charge in [-0.15, -0.1) is 0 Å². The average molecular weight is 284 g/mol. The van der Waals surface area contributed by atoms with E-state index in [-0.39, 0.29) is 19.7 Å². The zero-order chi connectivity index (χ0) is 14.9. The lowest BCUT2D eigenvalue weighted by molar-refractivity contribution is -0.145. The van der Waals surface area contributed by atoms with Gasteiger partial charge >= 0.3 is 12.1 Å². The van der Waals surface area contributed by atoms with Gasteiger partial charge in [0.1, 0.15) is 6.54 Å². The molecule has 0 bridgehead atoms. The summed E-state index contributed by atoms with van der Waals surface area (Å²) in [4.78, 5) is 24.0. The maximum absolute atomic E-state index is 11.9. The fourth-order valence-corrected chi connectivity index (χ4v) is 1.38. The highest BCUT2D eigenvalue weighted by Gasteiger charge is 2.28. The highest BCUT2D eigenvalue weighted by Crippen LogP contribution is 2.12. The number of nitrogens with zero attached hydrogens (tertiary/aromatic N) is 1. The van der Waals surface area contributed by atoms with Gasteiger partial charge in [0.15, 0.2) is 0 Å². The second-order valence-corrected chi connectivity index (χ2v) is 3.91. The second kappa shape index (κ2) is 8.73. The highest BCUT2D eigenvalue weighted by atomic mass is 19.4. The standard InChI is InChI=1S/C11H19F3N2O3/c1-3-5-16(7-10(18)19-4-2)6-9(17)15-8-11(12,13)14/h3-8H2,1-2H3,(H,15,17). The zero-order valence-electron chi connectivity index (χ0n) is 11.0. The fraction of sp³-hybridized carbons (Fsp3) is 0.818. The molecular weight excluding hydrogens is 265 g/mol. The summed E-state index contributed by atoms with van der Waals surface area (Å²) in [5.74, 6) is -1.27. The van der Waals surface area contributed by atoms with Crippen LogP contribution in [0.5, 0.6) is 0 Å². The molecule has 0 atom stereocenters. The maximum Gasteiger partial charge on any atom is 0.405 e. The minimum Gasteiger partial charge on any atom is -0.465 e. The molecule has 0 fully saturated rings. The number of nitrogens with one attached hydrogen (secondary N) is 1. The SMILES string of the molecule is CCCN(CC(=O)NCC(F)(F)F)CC(=O)OCC. The van der Waals surface area contributed by atoms with Gasteiger partial charge in [0.2, 0.25) is 5.91 Å². The van der Waals surface area contributed by atoms with Crippen LogP contribution in [0.3, 0.4) is 0 Å². The first-order valence-electron chi connectivity index (χ1n) is 6.00. The average Bonchev–Trinajstić information content (AvgIpc) is 2.26. The summed E-state index contributed by atoms with van der Waals surface area (Å²) in [7, 11) is 0. The summed E-state index contributed by atoms with van der Waals surface area (Å²) in [5, 5.41) is 1.76. The third kappa shape index (κ3) is 10.3. The summed E-state index contributed by atoms with van der Waals surface area (Å²) in [6.07, 6.45) is -3.77. The number of alkyl halides is 3. The third-order valence-corrected chi connectivity index (χ3v) is 2.05. The Hall–Kier alpha value is -1.31. The molecule has 0 aromatic heterocycles. The van der Waals surface area contributed by atoms with Crippen LogP contribution < -0.4 is 5.32 Å². The Kier molecular flexibility index (Phi) is 8.13. The zero-order valence-corrected chi connectivity index (χ0v) is 11.0. The Morgan fingerprint density at radius 3 is 2.32 bits per heavy atom. The van der Waals surface area contributed by atoms with Crippen LogP contribution in [0, 0.1) is 0 Å². The van der Waals surface area contributed by atoms with Crippen LogP contribution in [0.4, 0.5) is 13.2 Å². The molecule has 0 aromatic rings. The number of halogens is 3. The number of carbonyl (C=O) groups excluding carboxylic acids is 2. The topological polar surface area (TPSA) is 58.6 Å². The second-order valence-electron chi connectivity index (χ2n) is 3.91. The summed E-state index contributed by atoms with van der Waals surface area (Å²) >= 11 is 0. The molecular formula is C11H19F3N2O3. The van der Waals surface area contributed by atoms with Crippen molar-refractivity contribution < 1.29 is 27.5 Å². The molecule has 0 aliphatic rings. The molecule has 0 radical (unpaired) electrons. The Bertz CT molecular complexity index is 295. The van der Waals surface area contributed by atoms with E-state index in [9.17, 15) is 22.8 Å². The number of ether oxygens (including phenoxy) is 1. The van der Waals surface area contributed by atoms with Crippen molar-refractivity contribution >= 4 is 11.9 Å². The van der Waals surface area contributed by atoms with Crippen molar-refractivity contribution in [2.75, 3.05) is 32.8 Å². The summed E-state index contributed by atoms with van der Waals surface area (Å²) < 4.78 is 40.5. The molecule has 0 heterocycles. The predicted octanol–water partition coefficient (Wildman–Crippen LogP) is 0.940. The van der Waals surface area contributed by atoms with Gasteiger partial charge in [0.25, 0.3) is 0 Å². The smallest absolute Gasteiger partial charge is 0.405 e. The number of carbonyl (C=O) groups is 2. The lowest BCUT2D eigenvalue weighted by Gasteiger charge is -2.20. The van der Waals surface area contributed by atoms with E-state index in [1.54, 1.807) is 12.2 Å². The fourth-order valence-electron chi connectivity index (χ4n) is 1.38. The lowest BCUT2D eigenvalue weighted by Crippen LogP contribution is -2.43. The van der Waals surface area contributed by atoms with Gasteiger partial charge in [-0.05, 0) is 19.9 Å².